The van der Waals surface area contributed by atoms with Gasteiger partial charge < -0.3 is 5.32 Å². The number of nitrogens with one attached hydrogen (secondary N) is 1. The second-order valence-electron chi connectivity index (χ2n) is 13.2. The summed E-state index contributed by atoms with van der Waals surface area (Å²) in [6, 6.07) is 58.4. The lowest BCUT2D eigenvalue weighted by atomic mass is 9.67. The van der Waals surface area contributed by atoms with E-state index in [9.17, 15) is 0 Å². The molecule has 6 aromatic carbocycles. The molecule has 2 aromatic heterocycles. The van der Waals surface area contributed by atoms with Crippen molar-refractivity contribution in [3.63, 3.8) is 0 Å². The highest BCUT2D eigenvalue weighted by Gasteiger charge is 2.45. The predicted molar refractivity (Wildman–Crippen MR) is 208 cm³/mol. The van der Waals surface area contributed by atoms with E-state index >= 15 is 0 Å². The molecule has 0 amide bonds. The normalized spacial score (nSPS) is 15.8. The van der Waals surface area contributed by atoms with Crippen LogP contribution in [0.25, 0.3) is 38.6 Å². The van der Waals surface area contributed by atoms with E-state index in [0.29, 0.717) is 0 Å². The molecule has 4 nitrogen and oxygen atoms in total. The summed E-state index contributed by atoms with van der Waals surface area (Å²) in [6.45, 7) is 0. The van der Waals surface area contributed by atoms with Crippen molar-refractivity contribution in [3.05, 3.63) is 221 Å². The van der Waals surface area contributed by atoms with Gasteiger partial charge in [-0.05, 0) is 62.7 Å². The van der Waals surface area contributed by atoms with Crippen molar-refractivity contribution in [3.8, 4) is 11.1 Å². The van der Waals surface area contributed by atoms with E-state index in [1.165, 1.54) is 33.4 Å². The third-order valence-corrected chi connectivity index (χ3v) is 10.5. The molecule has 240 valence electrons. The first-order valence-electron chi connectivity index (χ1n) is 17.4. The minimum atomic E-state index is -0.445. The molecule has 0 fully saturated rings. The van der Waals surface area contributed by atoms with Gasteiger partial charge in [0.2, 0.25) is 0 Å². The second kappa shape index (κ2) is 11.7. The Balaban J connectivity index is 1.13. The van der Waals surface area contributed by atoms with Gasteiger partial charge in [-0.2, -0.15) is 0 Å². The summed E-state index contributed by atoms with van der Waals surface area (Å²) in [5.41, 5.74) is 13.3. The molecule has 10 rings (SSSR count). The predicted octanol–water partition coefficient (Wildman–Crippen LogP) is 10.3. The molecule has 1 aliphatic carbocycles. The number of amidine groups is 1. The topological polar surface area (TPSA) is 50.2 Å². The highest BCUT2D eigenvalue weighted by Crippen LogP contribution is 2.55. The Morgan fingerprint density at radius 2 is 1.14 bits per heavy atom. The van der Waals surface area contributed by atoms with Crippen molar-refractivity contribution >= 4 is 33.3 Å². The van der Waals surface area contributed by atoms with Gasteiger partial charge in [0.1, 0.15) is 5.84 Å². The van der Waals surface area contributed by atoms with Crippen LogP contribution in [0.5, 0.6) is 0 Å². The van der Waals surface area contributed by atoms with E-state index in [4.69, 9.17) is 15.0 Å². The van der Waals surface area contributed by atoms with Crippen LogP contribution < -0.4 is 5.32 Å². The molecular weight excluding hydrogens is 621 g/mol. The zero-order valence-electron chi connectivity index (χ0n) is 27.7. The maximum Gasteiger partial charge on any atom is 0.133 e. The average Bonchev–Trinajstić information content (AvgIpc) is 3.52. The van der Waals surface area contributed by atoms with Crippen LogP contribution in [-0.4, -0.2) is 15.8 Å². The Bertz CT molecular complexity index is 2610. The van der Waals surface area contributed by atoms with E-state index in [2.05, 4.69) is 169 Å². The number of nitrogens with zero attached hydrogens (tertiary/aromatic N) is 3. The lowest BCUT2D eigenvalue weighted by Crippen LogP contribution is -2.30. The maximum absolute atomic E-state index is 5.38. The fourth-order valence-corrected chi connectivity index (χ4v) is 8.25. The Hall–Kier alpha value is -6.65. The molecule has 0 bridgehead atoms. The van der Waals surface area contributed by atoms with Crippen LogP contribution in [0.15, 0.2) is 187 Å². The van der Waals surface area contributed by atoms with E-state index in [-0.39, 0.29) is 6.04 Å². The molecule has 1 N–H and O–H groups in total. The molecule has 0 saturated heterocycles. The Morgan fingerprint density at radius 3 is 1.88 bits per heavy atom. The number of hydrogen-bond donors (Lipinski definition) is 1. The van der Waals surface area contributed by atoms with Crippen LogP contribution in [0.4, 0.5) is 0 Å². The average molecular weight is 653 g/mol. The van der Waals surface area contributed by atoms with Crippen molar-refractivity contribution in [2.24, 2.45) is 4.99 Å². The monoisotopic (exact) mass is 652 g/mol. The van der Waals surface area contributed by atoms with Gasteiger partial charge in [0.15, 0.2) is 0 Å². The number of aromatic nitrogens is 2. The van der Waals surface area contributed by atoms with Crippen LogP contribution in [0.1, 0.15) is 45.0 Å². The molecule has 1 unspecified atom stereocenters. The second-order valence-corrected chi connectivity index (χ2v) is 13.2. The Labute approximate surface area is 296 Å². The van der Waals surface area contributed by atoms with Crippen molar-refractivity contribution in [1.29, 1.82) is 0 Å². The van der Waals surface area contributed by atoms with Gasteiger partial charge in [-0.15, -0.1) is 0 Å². The minimum absolute atomic E-state index is 0.230. The van der Waals surface area contributed by atoms with E-state index in [0.717, 1.165) is 50.0 Å². The lowest BCUT2D eigenvalue weighted by molar-refractivity contribution is 0.768. The molecule has 0 spiro atoms. The van der Waals surface area contributed by atoms with Crippen molar-refractivity contribution in [2.75, 3.05) is 0 Å². The van der Waals surface area contributed by atoms with Crippen molar-refractivity contribution in [1.82, 2.24) is 15.3 Å². The smallest absolute Gasteiger partial charge is 0.133 e. The highest BCUT2D eigenvalue weighted by molar-refractivity contribution is 6.07. The fraction of sp³-hybridized carbons (Fsp3) is 0.0426. The van der Waals surface area contributed by atoms with Crippen LogP contribution in [0, 0.1) is 0 Å². The van der Waals surface area contributed by atoms with Gasteiger partial charge in [-0.3, -0.25) is 15.0 Å². The van der Waals surface area contributed by atoms with E-state index < -0.39 is 5.41 Å². The first-order chi connectivity index (χ1) is 25.3. The first kappa shape index (κ1) is 29.3. The summed E-state index contributed by atoms with van der Waals surface area (Å²) < 4.78 is 0. The van der Waals surface area contributed by atoms with Gasteiger partial charge in [-0.25, -0.2) is 0 Å². The molecular formula is C47H32N4. The molecule has 0 saturated carbocycles. The molecule has 1 atom stereocenters. The Morgan fingerprint density at radius 1 is 0.490 bits per heavy atom. The molecule has 8 aromatic rings. The minimum Gasteiger partial charge on any atom is -0.340 e. The zero-order valence-corrected chi connectivity index (χ0v) is 27.7. The van der Waals surface area contributed by atoms with Gasteiger partial charge in [0.25, 0.3) is 0 Å². The number of rotatable bonds is 5. The third kappa shape index (κ3) is 4.57. The van der Waals surface area contributed by atoms with Crippen molar-refractivity contribution in [2.45, 2.75) is 11.5 Å². The fourth-order valence-electron chi connectivity index (χ4n) is 8.25. The first-order valence-corrected chi connectivity index (χ1v) is 17.4. The highest BCUT2D eigenvalue weighted by atomic mass is 15.0. The summed E-state index contributed by atoms with van der Waals surface area (Å²) in [7, 11) is 0. The standard InChI is InChI=1S/C47H32N4/c1-3-12-31(13-4-1)42-30-43(38-27-29-49-45-39(38)26-23-32-14-11-28-48-44(32)45)51-46(50-42)33-21-24-35(25-22-33)47(34-15-5-2-6-16-34)40-19-9-7-17-36(40)37-18-8-10-20-41(37)47/h1-30,43H,(H,50,51). The summed E-state index contributed by atoms with van der Waals surface area (Å²) in [6.07, 6.45) is 5.94. The summed E-state index contributed by atoms with van der Waals surface area (Å²) >= 11 is 0. The van der Waals surface area contributed by atoms with E-state index in [1.807, 2.05) is 18.5 Å². The maximum atomic E-state index is 5.38. The third-order valence-electron chi connectivity index (χ3n) is 10.5. The van der Waals surface area contributed by atoms with Gasteiger partial charge in [0.05, 0.1) is 22.5 Å². The molecule has 1 aliphatic heterocycles. The molecule has 51 heavy (non-hydrogen) atoms. The molecule has 0 radical (unpaired) electrons. The van der Waals surface area contributed by atoms with Crippen LogP contribution in [0.2, 0.25) is 0 Å². The van der Waals surface area contributed by atoms with Crippen LogP contribution >= 0.6 is 0 Å². The number of benzene rings is 6. The summed E-state index contributed by atoms with van der Waals surface area (Å²) in [4.78, 5) is 14.9. The quantitative estimate of drug-likeness (QED) is 0.188. The Kier molecular flexibility index (Phi) is 6.75. The van der Waals surface area contributed by atoms with Crippen LogP contribution in [0.3, 0.4) is 0 Å². The lowest BCUT2D eigenvalue weighted by Gasteiger charge is -2.34. The molecule has 2 aliphatic rings. The van der Waals surface area contributed by atoms with Gasteiger partial charge >= 0.3 is 0 Å². The number of fused-ring (bicyclic) bond motifs is 6. The zero-order chi connectivity index (χ0) is 33.8. The van der Waals surface area contributed by atoms with Gasteiger partial charge in [-0.1, -0.05) is 152 Å². The molecule has 4 heteroatoms. The van der Waals surface area contributed by atoms with Crippen LogP contribution in [-0.2, 0) is 5.41 Å². The molecule has 3 heterocycles. The number of aliphatic imine (C=N–C) groups is 1. The van der Waals surface area contributed by atoms with Crippen molar-refractivity contribution < 1.29 is 0 Å². The largest absolute Gasteiger partial charge is 0.340 e. The SMILES string of the molecule is C1=C(c2ccccc2)NC(c2ccc(C3(c4ccccc4)c4ccccc4-c4ccccc43)cc2)=NC1c1ccnc2c1ccc1cccnc12. The summed E-state index contributed by atoms with van der Waals surface area (Å²) in [5, 5.41) is 5.84. The number of pyridine rings is 2. The van der Waals surface area contributed by atoms with E-state index in [1.54, 1.807) is 0 Å². The number of hydrogen-bond acceptors (Lipinski definition) is 4. The van der Waals surface area contributed by atoms with Gasteiger partial charge in [0, 0.05) is 34.4 Å². The summed E-state index contributed by atoms with van der Waals surface area (Å²) in [5.74, 6) is 0.831.